The molecule has 1 N–H and O–H groups in total. The number of fused-ring (bicyclic) bond motifs is 1. The van der Waals surface area contributed by atoms with Gasteiger partial charge in [-0.15, -0.1) is 0 Å². The summed E-state index contributed by atoms with van der Waals surface area (Å²) in [7, 11) is 1.65. The van der Waals surface area contributed by atoms with Crippen LogP contribution in [0.4, 0.5) is 5.69 Å². The van der Waals surface area contributed by atoms with Gasteiger partial charge in [0.1, 0.15) is 5.75 Å². The number of benzene rings is 2. The Morgan fingerprint density at radius 3 is 2.81 bits per heavy atom. The van der Waals surface area contributed by atoms with Gasteiger partial charge in [0.2, 0.25) is 6.79 Å². The van der Waals surface area contributed by atoms with Crippen LogP contribution >= 0.6 is 31.9 Å². The summed E-state index contributed by atoms with van der Waals surface area (Å²) >= 11 is 6.94. The predicted molar refractivity (Wildman–Crippen MR) is 88.3 cm³/mol. The van der Waals surface area contributed by atoms with Crippen molar-refractivity contribution < 1.29 is 14.2 Å². The van der Waals surface area contributed by atoms with Gasteiger partial charge in [0.25, 0.3) is 0 Å². The van der Waals surface area contributed by atoms with E-state index < -0.39 is 0 Å². The highest BCUT2D eigenvalue weighted by Crippen LogP contribution is 2.40. The van der Waals surface area contributed by atoms with E-state index in [2.05, 4.69) is 37.2 Å². The molecule has 1 heterocycles. The predicted octanol–water partition coefficient (Wildman–Crippen LogP) is 4.56. The van der Waals surface area contributed by atoms with E-state index in [9.17, 15) is 0 Å². The second-order valence-electron chi connectivity index (χ2n) is 4.51. The molecule has 0 unspecified atom stereocenters. The van der Waals surface area contributed by atoms with Crippen LogP contribution in [0.1, 0.15) is 5.56 Å². The quantitative estimate of drug-likeness (QED) is 0.795. The molecule has 0 radical (unpaired) electrons. The number of hydrogen-bond donors (Lipinski definition) is 1. The summed E-state index contributed by atoms with van der Waals surface area (Å²) in [6.45, 7) is 0.953. The second kappa shape index (κ2) is 6.15. The Morgan fingerprint density at radius 1 is 1.14 bits per heavy atom. The van der Waals surface area contributed by atoms with E-state index in [0.717, 1.165) is 37.4 Å². The molecule has 4 nitrogen and oxygen atoms in total. The lowest BCUT2D eigenvalue weighted by molar-refractivity contribution is 0.173. The normalized spacial score (nSPS) is 12.3. The van der Waals surface area contributed by atoms with Crippen LogP contribution in [-0.2, 0) is 6.54 Å². The molecule has 2 aromatic rings. The molecule has 3 rings (SSSR count). The highest BCUT2D eigenvalue weighted by Gasteiger charge is 2.17. The van der Waals surface area contributed by atoms with Crippen LogP contribution < -0.4 is 19.5 Å². The van der Waals surface area contributed by atoms with Crippen molar-refractivity contribution in [1.82, 2.24) is 0 Å². The Bertz CT molecular complexity index is 676. The molecule has 1 aliphatic heterocycles. The minimum atomic E-state index is 0.273. The SMILES string of the molecule is COc1cc(NCc2cc(Br)c3c(c2)OCO3)ccc1Br. The Kier molecular flexibility index (Phi) is 4.26. The third kappa shape index (κ3) is 3.11. The molecule has 0 saturated carbocycles. The monoisotopic (exact) mass is 413 g/mol. The molecule has 0 fully saturated rings. The van der Waals surface area contributed by atoms with Crippen LogP contribution in [0, 0.1) is 0 Å². The Hall–Kier alpha value is -1.40. The lowest BCUT2D eigenvalue weighted by atomic mass is 10.2. The first kappa shape index (κ1) is 14.5. The molecule has 6 heteroatoms. The maximum atomic E-state index is 5.42. The minimum Gasteiger partial charge on any atom is -0.495 e. The number of halogens is 2. The number of anilines is 1. The van der Waals surface area contributed by atoms with Crippen LogP contribution in [0.3, 0.4) is 0 Å². The van der Waals surface area contributed by atoms with Crippen molar-refractivity contribution in [2.75, 3.05) is 19.2 Å². The lowest BCUT2D eigenvalue weighted by Crippen LogP contribution is -2.00. The standard InChI is InChI=1S/C15H13Br2NO3/c1-19-13-6-10(2-3-11(13)16)18-7-9-4-12(17)15-14(5-9)20-8-21-15/h2-6,18H,7-8H2,1H3. The van der Waals surface area contributed by atoms with Crippen molar-refractivity contribution >= 4 is 37.5 Å². The van der Waals surface area contributed by atoms with E-state index in [1.54, 1.807) is 7.11 Å². The fourth-order valence-electron chi connectivity index (χ4n) is 2.10. The van der Waals surface area contributed by atoms with E-state index in [4.69, 9.17) is 14.2 Å². The van der Waals surface area contributed by atoms with Gasteiger partial charge in [-0.2, -0.15) is 0 Å². The molecule has 21 heavy (non-hydrogen) atoms. The third-order valence-electron chi connectivity index (χ3n) is 3.13. The topological polar surface area (TPSA) is 39.7 Å². The first-order valence-electron chi connectivity index (χ1n) is 6.33. The van der Waals surface area contributed by atoms with Crippen LogP contribution in [0.5, 0.6) is 17.2 Å². The zero-order valence-electron chi connectivity index (χ0n) is 11.3. The zero-order valence-corrected chi connectivity index (χ0v) is 14.5. The molecule has 0 atom stereocenters. The molecule has 1 aliphatic rings. The van der Waals surface area contributed by atoms with Crippen molar-refractivity contribution in [2.24, 2.45) is 0 Å². The van der Waals surface area contributed by atoms with Gasteiger partial charge in [-0.05, 0) is 61.7 Å². The smallest absolute Gasteiger partial charge is 0.231 e. The number of methoxy groups -OCH3 is 1. The summed E-state index contributed by atoms with van der Waals surface area (Å²) < 4.78 is 17.9. The van der Waals surface area contributed by atoms with E-state index in [1.165, 1.54) is 0 Å². The number of ether oxygens (including phenoxy) is 3. The first-order valence-corrected chi connectivity index (χ1v) is 7.91. The highest BCUT2D eigenvalue weighted by molar-refractivity contribution is 9.10. The van der Waals surface area contributed by atoms with E-state index >= 15 is 0 Å². The molecule has 0 spiro atoms. The number of hydrogen-bond acceptors (Lipinski definition) is 4. The largest absolute Gasteiger partial charge is 0.495 e. The molecular weight excluding hydrogens is 402 g/mol. The van der Waals surface area contributed by atoms with Crippen molar-refractivity contribution in [2.45, 2.75) is 6.54 Å². The van der Waals surface area contributed by atoms with Gasteiger partial charge in [-0.3, -0.25) is 0 Å². The van der Waals surface area contributed by atoms with Gasteiger partial charge in [-0.1, -0.05) is 0 Å². The van der Waals surface area contributed by atoms with E-state index in [-0.39, 0.29) is 6.79 Å². The van der Waals surface area contributed by atoms with Gasteiger partial charge in [0.05, 0.1) is 16.1 Å². The summed E-state index contributed by atoms with van der Waals surface area (Å²) in [6, 6.07) is 9.91. The van der Waals surface area contributed by atoms with Gasteiger partial charge >= 0.3 is 0 Å². The minimum absolute atomic E-state index is 0.273. The van der Waals surface area contributed by atoms with Gasteiger partial charge in [-0.25, -0.2) is 0 Å². The average molecular weight is 415 g/mol. The van der Waals surface area contributed by atoms with E-state index in [0.29, 0.717) is 6.54 Å². The molecule has 2 aromatic carbocycles. The summed E-state index contributed by atoms with van der Waals surface area (Å²) in [5, 5.41) is 3.36. The average Bonchev–Trinajstić information content (AvgIpc) is 2.95. The maximum Gasteiger partial charge on any atom is 0.231 e. The Balaban J connectivity index is 1.75. The Morgan fingerprint density at radius 2 is 2.00 bits per heavy atom. The summed E-state index contributed by atoms with van der Waals surface area (Å²) in [4.78, 5) is 0. The molecule has 0 aromatic heterocycles. The van der Waals surface area contributed by atoms with Crippen molar-refractivity contribution in [3.8, 4) is 17.2 Å². The van der Waals surface area contributed by atoms with Crippen LogP contribution in [0.2, 0.25) is 0 Å². The Labute approximate surface area is 139 Å². The second-order valence-corrected chi connectivity index (χ2v) is 6.22. The number of nitrogens with one attached hydrogen (secondary N) is 1. The van der Waals surface area contributed by atoms with Gasteiger partial charge in [0, 0.05) is 18.3 Å². The summed E-state index contributed by atoms with van der Waals surface area (Å²) in [5.74, 6) is 2.34. The van der Waals surface area contributed by atoms with Crippen LogP contribution in [0.15, 0.2) is 39.3 Å². The molecule has 0 bridgehead atoms. The summed E-state index contributed by atoms with van der Waals surface area (Å²) in [5.41, 5.74) is 2.09. The fraction of sp³-hybridized carbons (Fsp3) is 0.200. The highest BCUT2D eigenvalue weighted by atomic mass is 79.9. The third-order valence-corrected chi connectivity index (χ3v) is 4.38. The molecule has 0 aliphatic carbocycles. The van der Waals surface area contributed by atoms with Gasteiger partial charge in [0.15, 0.2) is 11.5 Å². The van der Waals surface area contributed by atoms with Crippen molar-refractivity contribution in [1.29, 1.82) is 0 Å². The van der Waals surface area contributed by atoms with Crippen LogP contribution in [0.25, 0.3) is 0 Å². The first-order chi connectivity index (χ1) is 10.2. The summed E-state index contributed by atoms with van der Waals surface area (Å²) in [6.07, 6.45) is 0. The molecular formula is C15H13Br2NO3. The van der Waals surface area contributed by atoms with Crippen LogP contribution in [-0.4, -0.2) is 13.9 Å². The maximum absolute atomic E-state index is 5.42. The van der Waals surface area contributed by atoms with Crippen molar-refractivity contribution in [3.63, 3.8) is 0 Å². The van der Waals surface area contributed by atoms with Gasteiger partial charge < -0.3 is 19.5 Å². The van der Waals surface area contributed by atoms with E-state index in [1.807, 2.05) is 30.3 Å². The lowest BCUT2D eigenvalue weighted by Gasteiger charge is -2.10. The molecule has 110 valence electrons. The van der Waals surface area contributed by atoms with Crippen molar-refractivity contribution in [3.05, 3.63) is 44.8 Å². The fourth-order valence-corrected chi connectivity index (χ4v) is 3.11. The molecule has 0 saturated heterocycles. The molecule has 0 amide bonds. The number of rotatable bonds is 4. The zero-order chi connectivity index (χ0) is 14.8.